The minimum atomic E-state index is -0.115. The van der Waals surface area contributed by atoms with Crippen molar-refractivity contribution in [3.05, 3.63) is 35.2 Å². The van der Waals surface area contributed by atoms with E-state index in [-0.39, 0.29) is 5.91 Å². The number of hydrogen-bond donors (Lipinski definition) is 1. The smallest absolute Gasteiger partial charge is 0.226 e. The summed E-state index contributed by atoms with van der Waals surface area (Å²) in [5.41, 5.74) is 1.55. The van der Waals surface area contributed by atoms with Gasteiger partial charge in [0.1, 0.15) is 10.5 Å². The van der Waals surface area contributed by atoms with Gasteiger partial charge in [0.05, 0.1) is 0 Å². The average molecular weight is 302 g/mol. The van der Waals surface area contributed by atoms with Crippen LogP contribution in [-0.4, -0.2) is 21.1 Å². The summed E-state index contributed by atoms with van der Waals surface area (Å²) in [5, 5.41) is 12.1. The van der Waals surface area contributed by atoms with Crippen LogP contribution in [0.3, 0.4) is 0 Å². The maximum Gasteiger partial charge on any atom is 0.226 e. The second kappa shape index (κ2) is 6.01. The molecule has 0 saturated carbocycles. The van der Waals surface area contributed by atoms with Crippen LogP contribution in [0.1, 0.15) is 24.2 Å². The molecule has 108 valence electrons. The Morgan fingerprint density at radius 2 is 2.19 bits per heavy atom. The van der Waals surface area contributed by atoms with Gasteiger partial charge in [0.2, 0.25) is 11.0 Å². The summed E-state index contributed by atoms with van der Waals surface area (Å²) in [6.07, 6.45) is 1.57. The molecule has 0 aliphatic heterocycles. The molecule has 0 unspecified atom stereocenters. The highest BCUT2D eigenvalue weighted by Gasteiger charge is 2.10. The number of rotatable bonds is 5. The highest BCUT2D eigenvalue weighted by molar-refractivity contribution is 7.15. The Morgan fingerprint density at radius 3 is 2.95 bits per heavy atom. The number of nitrogens with zero attached hydrogens (tertiary/aromatic N) is 3. The van der Waals surface area contributed by atoms with Crippen molar-refractivity contribution in [2.75, 3.05) is 5.32 Å². The van der Waals surface area contributed by atoms with Crippen molar-refractivity contribution in [2.45, 2.75) is 26.2 Å². The van der Waals surface area contributed by atoms with E-state index in [1.165, 1.54) is 11.3 Å². The number of hydrogen-bond acceptors (Lipinski definition) is 6. The van der Waals surface area contributed by atoms with E-state index < -0.39 is 0 Å². The molecule has 0 saturated heterocycles. The Balaban J connectivity index is 1.57. The molecule has 7 heteroatoms. The summed E-state index contributed by atoms with van der Waals surface area (Å²) in [7, 11) is 0. The molecule has 0 bridgehead atoms. The lowest BCUT2D eigenvalue weighted by Gasteiger charge is -1.98. The van der Waals surface area contributed by atoms with Gasteiger partial charge in [-0.2, -0.15) is 0 Å². The molecule has 2 heterocycles. The van der Waals surface area contributed by atoms with E-state index >= 15 is 0 Å². The summed E-state index contributed by atoms with van der Waals surface area (Å²) in [6.45, 7) is 2.00. The molecular weight excluding hydrogens is 288 g/mol. The minimum Gasteiger partial charge on any atom is -0.441 e. The zero-order valence-electron chi connectivity index (χ0n) is 11.5. The van der Waals surface area contributed by atoms with E-state index in [0.29, 0.717) is 23.9 Å². The van der Waals surface area contributed by atoms with Crippen LogP contribution in [0.15, 0.2) is 28.7 Å². The van der Waals surface area contributed by atoms with Gasteiger partial charge in [-0.05, 0) is 18.6 Å². The molecule has 0 fully saturated rings. The number of anilines is 1. The topological polar surface area (TPSA) is 80.9 Å². The molecule has 0 spiro atoms. The Morgan fingerprint density at radius 1 is 1.33 bits per heavy atom. The SMILES string of the molecule is CCc1nnc(NC(=O)CCc2nc3ccccc3o2)s1. The summed E-state index contributed by atoms with van der Waals surface area (Å²) < 4.78 is 5.57. The van der Waals surface area contributed by atoms with Gasteiger partial charge in [0.15, 0.2) is 11.5 Å². The number of para-hydroxylation sites is 2. The molecule has 3 aromatic rings. The highest BCUT2D eigenvalue weighted by atomic mass is 32.1. The second-order valence-electron chi connectivity index (χ2n) is 4.48. The van der Waals surface area contributed by atoms with E-state index in [4.69, 9.17) is 4.42 Å². The van der Waals surface area contributed by atoms with Crippen molar-refractivity contribution < 1.29 is 9.21 Å². The summed E-state index contributed by atoms with van der Waals surface area (Å²) in [6, 6.07) is 7.54. The van der Waals surface area contributed by atoms with Crippen LogP contribution in [0.25, 0.3) is 11.1 Å². The monoisotopic (exact) mass is 302 g/mol. The lowest BCUT2D eigenvalue weighted by molar-refractivity contribution is -0.116. The zero-order valence-corrected chi connectivity index (χ0v) is 12.3. The van der Waals surface area contributed by atoms with Gasteiger partial charge in [-0.1, -0.05) is 30.4 Å². The summed E-state index contributed by atoms with van der Waals surface area (Å²) >= 11 is 1.39. The number of aryl methyl sites for hydroxylation is 2. The van der Waals surface area contributed by atoms with Crippen molar-refractivity contribution in [1.82, 2.24) is 15.2 Å². The third-order valence-corrected chi connectivity index (χ3v) is 3.90. The van der Waals surface area contributed by atoms with Crippen LogP contribution < -0.4 is 5.32 Å². The fourth-order valence-corrected chi connectivity index (χ4v) is 2.57. The molecule has 6 nitrogen and oxygen atoms in total. The highest BCUT2D eigenvalue weighted by Crippen LogP contribution is 2.17. The molecule has 3 rings (SSSR count). The largest absolute Gasteiger partial charge is 0.441 e. The van der Waals surface area contributed by atoms with E-state index in [0.717, 1.165) is 22.5 Å². The molecule has 21 heavy (non-hydrogen) atoms. The Bertz CT molecular complexity index is 732. The Hall–Kier alpha value is -2.28. The van der Waals surface area contributed by atoms with Crippen molar-refractivity contribution in [3.63, 3.8) is 0 Å². The summed E-state index contributed by atoms with van der Waals surface area (Å²) in [4.78, 5) is 16.2. The second-order valence-corrected chi connectivity index (χ2v) is 5.54. The van der Waals surface area contributed by atoms with E-state index in [2.05, 4.69) is 20.5 Å². The first-order chi connectivity index (χ1) is 10.2. The van der Waals surface area contributed by atoms with Gasteiger partial charge < -0.3 is 9.73 Å². The number of oxazole rings is 1. The number of aromatic nitrogens is 3. The van der Waals surface area contributed by atoms with Gasteiger partial charge in [0.25, 0.3) is 0 Å². The molecule has 0 atom stereocenters. The molecule has 0 aliphatic rings. The van der Waals surface area contributed by atoms with Crippen LogP contribution in [-0.2, 0) is 17.6 Å². The predicted octanol–water partition coefficient (Wildman–Crippen LogP) is 2.81. The Labute approximate surface area is 125 Å². The number of carbonyl (C=O) groups excluding carboxylic acids is 1. The molecule has 0 aliphatic carbocycles. The van der Waals surface area contributed by atoms with E-state index in [9.17, 15) is 4.79 Å². The maximum atomic E-state index is 11.9. The number of benzene rings is 1. The fraction of sp³-hybridized carbons (Fsp3) is 0.286. The molecule has 1 aromatic carbocycles. The minimum absolute atomic E-state index is 0.115. The molecule has 1 amide bonds. The maximum absolute atomic E-state index is 11.9. The van der Waals surface area contributed by atoms with Gasteiger partial charge in [-0.15, -0.1) is 10.2 Å². The first-order valence-corrected chi connectivity index (χ1v) is 7.53. The van der Waals surface area contributed by atoms with Crippen molar-refractivity contribution in [2.24, 2.45) is 0 Å². The van der Waals surface area contributed by atoms with Crippen molar-refractivity contribution in [1.29, 1.82) is 0 Å². The molecular formula is C14H14N4O2S. The standard InChI is InChI=1S/C14H14N4O2S/c1-2-13-17-18-14(21-13)16-11(19)7-8-12-15-9-5-3-4-6-10(9)20-12/h3-6H,2,7-8H2,1H3,(H,16,18,19). The van der Waals surface area contributed by atoms with Crippen molar-refractivity contribution in [3.8, 4) is 0 Å². The van der Waals surface area contributed by atoms with Gasteiger partial charge in [-0.3, -0.25) is 4.79 Å². The number of amides is 1. The van der Waals surface area contributed by atoms with Gasteiger partial charge in [0, 0.05) is 12.8 Å². The molecule has 0 radical (unpaired) electrons. The van der Waals surface area contributed by atoms with Crippen LogP contribution in [0, 0.1) is 0 Å². The first kappa shape index (κ1) is 13.7. The first-order valence-electron chi connectivity index (χ1n) is 6.71. The molecule has 2 aromatic heterocycles. The molecule has 1 N–H and O–H groups in total. The van der Waals surface area contributed by atoms with Crippen LogP contribution in [0.5, 0.6) is 0 Å². The lowest BCUT2D eigenvalue weighted by atomic mass is 10.3. The third-order valence-electron chi connectivity index (χ3n) is 2.92. The fourth-order valence-electron chi connectivity index (χ4n) is 1.88. The van der Waals surface area contributed by atoms with E-state index in [1.807, 2.05) is 31.2 Å². The lowest BCUT2D eigenvalue weighted by Crippen LogP contribution is -2.12. The van der Waals surface area contributed by atoms with Crippen molar-refractivity contribution >= 4 is 33.5 Å². The zero-order chi connectivity index (χ0) is 14.7. The number of fused-ring (bicyclic) bond motifs is 1. The Kier molecular flexibility index (Phi) is 3.92. The van der Waals surface area contributed by atoms with Crippen LogP contribution >= 0.6 is 11.3 Å². The average Bonchev–Trinajstić information content (AvgIpc) is 3.10. The number of carbonyl (C=O) groups is 1. The van der Waals surface area contributed by atoms with Crippen LogP contribution in [0.2, 0.25) is 0 Å². The summed E-state index contributed by atoms with van der Waals surface area (Å²) in [5.74, 6) is 0.453. The van der Waals surface area contributed by atoms with Gasteiger partial charge in [-0.25, -0.2) is 4.98 Å². The van der Waals surface area contributed by atoms with E-state index in [1.54, 1.807) is 0 Å². The van der Waals surface area contributed by atoms with Crippen LogP contribution in [0.4, 0.5) is 5.13 Å². The third kappa shape index (κ3) is 3.25. The predicted molar refractivity (Wildman–Crippen MR) is 80.2 cm³/mol. The quantitative estimate of drug-likeness (QED) is 0.783. The number of nitrogens with one attached hydrogen (secondary N) is 1. The normalized spacial score (nSPS) is 10.9. The van der Waals surface area contributed by atoms with Gasteiger partial charge >= 0.3 is 0 Å².